The third kappa shape index (κ3) is 4.64. The molecule has 2 unspecified atom stereocenters. The Bertz CT molecular complexity index is 764. The summed E-state index contributed by atoms with van der Waals surface area (Å²) in [6.45, 7) is 3.83. The maximum absolute atomic E-state index is 13.4. The molecule has 140 valence electrons. The highest BCUT2D eigenvalue weighted by atomic mass is 19.2. The van der Waals surface area contributed by atoms with Crippen LogP contribution in [0.1, 0.15) is 37.1 Å². The third-order valence-electron chi connectivity index (χ3n) is 4.80. The Kier molecular flexibility index (Phi) is 6.42. The van der Waals surface area contributed by atoms with E-state index in [9.17, 15) is 18.0 Å². The molecule has 0 heterocycles. The van der Waals surface area contributed by atoms with Crippen LogP contribution in [0.4, 0.5) is 13.2 Å². The zero-order valence-corrected chi connectivity index (χ0v) is 15.3. The number of nitrogens with zero attached hydrogens (tertiary/aromatic N) is 2. The molecule has 0 N–H and O–H groups in total. The Morgan fingerprint density at radius 1 is 0.885 bits per heavy atom. The first-order valence-electron chi connectivity index (χ1n) is 8.37. The van der Waals surface area contributed by atoms with Gasteiger partial charge in [0, 0.05) is 13.1 Å². The van der Waals surface area contributed by atoms with Crippen molar-refractivity contribution in [3.05, 3.63) is 71.0 Å². The Balaban J connectivity index is 2.02. The van der Waals surface area contributed by atoms with E-state index in [2.05, 4.69) is 0 Å². The molecule has 6 heteroatoms. The van der Waals surface area contributed by atoms with Crippen LogP contribution in [-0.4, -0.2) is 36.3 Å². The van der Waals surface area contributed by atoms with E-state index in [1.54, 1.807) is 26.1 Å². The quantitative estimate of drug-likeness (QED) is 0.762. The average Bonchev–Trinajstić information content (AvgIpc) is 2.62. The lowest BCUT2D eigenvalue weighted by Gasteiger charge is -2.30. The first-order valence-corrected chi connectivity index (χ1v) is 8.37. The summed E-state index contributed by atoms with van der Waals surface area (Å²) in [5, 5.41) is 0. The molecule has 0 saturated carbocycles. The van der Waals surface area contributed by atoms with Gasteiger partial charge >= 0.3 is 0 Å². The lowest BCUT2D eigenvalue weighted by Crippen LogP contribution is -2.38. The first kappa shape index (κ1) is 20.0. The Hall–Kier alpha value is -2.34. The Morgan fingerprint density at radius 2 is 1.46 bits per heavy atom. The van der Waals surface area contributed by atoms with Crippen molar-refractivity contribution in [1.82, 2.24) is 9.80 Å². The van der Waals surface area contributed by atoms with E-state index < -0.39 is 17.7 Å². The van der Waals surface area contributed by atoms with Gasteiger partial charge in [0.1, 0.15) is 5.82 Å². The molecule has 26 heavy (non-hydrogen) atoms. The highest BCUT2D eigenvalue weighted by Gasteiger charge is 2.22. The lowest BCUT2D eigenvalue weighted by atomic mass is 10.1. The molecule has 0 spiro atoms. The molecule has 0 aliphatic carbocycles. The average molecular weight is 364 g/mol. The number of carbonyl (C=O) groups excluding carboxylic acids is 1. The first-order chi connectivity index (χ1) is 12.2. The molecule has 2 aromatic rings. The number of carbonyl (C=O) groups is 1. The Morgan fingerprint density at radius 3 is 2.04 bits per heavy atom. The molecular weight excluding hydrogens is 341 g/mol. The predicted molar refractivity (Wildman–Crippen MR) is 95.0 cm³/mol. The summed E-state index contributed by atoms with van der Waals surface area (Å²) in [4.78, 5) is 15.9. The van der Waals surface area contributed by atoms with Gasteiger partial charge in [-0.05, 0) is 56.3 Å². The summed E-state index contributed by atoms with van der Waals surface area (Å²) in [6.07, 6.45) is 0. The second-order valence-corrected chi connectivity index (χ2v) is 6.50. The van der Waals surface area contributed by atoms with E-state index in [1.165, 1.54) is 23.1 Å². The second-order valence-electron chi connectivity index (χ2n) is 6.50. The van der Waals surface area contributed by atoms with Crippen LogP contribution in [0.2, 0.25) is 0 Å². The van der Waals surface area contributed by atoms with Crippen LogP contribution in [-0.2, 0) is 4.79 Å². The topological polar surface area (TPSA) is 23.6 Å². The molecule has 3 nitrogen and oxygen atoms in total. The molecule has 1 amide bonds. The number of hydrogen-bond acceptors (Lipinski definition) is 2. The lowest BCUT2D eigenvalue weighted by molar-refractivity contribution is -0.133. The maximum atomic E-state index is 13.4. The van der Waals surface area contributed by atoms with Crippen molar-refractivity contribution in [3.63, 3.8) is 0 Å². The fourth-order valence-corrected chi connectivity index (χ4v) is 2.67. The minimum Gasteiger partial charge on any atom is -0.338 e. The van der Waals surface area contributed by atoms with E-state index in [1.807, 2.05) is 18.9 Å². The molecule has 0 bridgehead atoms. The summed E-state index contributed by atoms with van der Waals surface area (Å²) >= 11 is 0. The highest BCUT2D eigenvalue weighted by Crippen LogP contribution is 2.23. The molecule has 2 aromatic carbocycles. The van der Waals surface area contributed by atoms with E-state index >= 15 is 0 Å². The highest BCUT2D eigenvalue weighted by molar-refractivity contribution is 5.78. The van der Waals surface area contributed by atoms with E-state index in [0.717, 1.165) is 17.7 Å². The standard InChI is InChI=1S/C20H23F3N2O/c1-13(15-5-8-17(21)9-6-15)24(3)12-20(26)25(4)14(2)16-7-10-18(22)19(23)11-16/h5-11,13-14H,12H2,1-4H3. The fraction of sp³-hybridized carbons (Fsp3) is 0.350. The summed E-state index contributed by atoms with van der Waals surface area (Å²) in [6, 6.07) is 9.31. The van der Waals surface area contributed by atoms with E-state index in [0.29, 0.717) is 5.56 Å². The van der Waals surface area contributed by atoms with Gasteiger partial charge < -0.3 is 4.90 Å². The molecule has 0 aliphatic rings. The number of benzene rings is 2. The maximum Gasteiger partial charge on any atom is 0.237 e. The SMILES string of the molecule is CC(c1ccc(F)cc1)N(C)CC(=O)N(C)C(C)c1ccc(F)c(F)c1. The van der Waals surface area contributed by atoms with Crippen LogP contribution < -0.4 is 0 Å². The van der Waals surface area contributed by atoms with Crippen LogP contribution in [0.15, 0.2) is 42.5 Å². The number of halogens is 3. The number of hydrogen-bond donors (Lipinski definition) is 0. The summed E-state index contributed by atoms with van der Waals surface area (Å²) in [7, 11) is 3.44. The van der Waals surface area contributed by atoms with Crippen molar-refractivity contribution in [2.45, 2.75) is 25.9 Å². The molecule has 0 aliphatic heterocycles. The zero-order valence-electron chi connectivity index (χ0n) is 15.3. The van der Waals surface area contributed by atoms with Gasteiger partial charge in [-0.15, -0.1) is 0 Å². The number of rotatable bonds is 6. The summed E-state index contributed by atoms with van der Waals surface area (Å²) < 4.78 is 39.6. The van der Waals surface area contributed by atoms with Gasteiger partial charge in [-0.3, -0.25) is 9.69 Å². The fourth-order valence-electron chi connectivity index (χ4n) is 2.67. The van der Waals surface area contributed by atoms with Crippen LogP contribution in [0, 0.1) is 17.5 Å². The minimum atomic E-state index is -0.933. The molecule has 0 aromatic heterocycles. The van der Waals surface area contributed by atoms with Crippen molar-refractivity contribution >= 4 is 5.91 Å². The zero-order chi connectivity index (χ0) is 19.4. The molecule has 0 fully saturated rings. The normalized spacial score (nSPS) is 13.5. The van der Waals surface area contributed by atoms with Gasteiger partial charge in [-0.25, -0.2) is 13.2 Å². The second kappa shape index (κ2) is 8.36. The largest absolute Gasteiger partial charge is 0.338 e. The minimum absolute atomic E-state index is 0.0773. The van der Waals surface area contributed by atoms with Crippen LogP contribution in [0.25, 0.3) is 0 Å². The molecule has 2 rings (SSSR count). The van der Waals surface area contributed by atoms with Crippen molar-refractivity contribution in [2.75, 3.05) is 20.6 Å². The smallest absolute Gasteiger partial charge is 0.237 e. The van der Waals surface area contributed by atoms with Gasteiger partial charge in [0.15, 0.2) is 11.6 Å². The van der Waals surface area contributed by atoms with E-state index in [4.69, 9.17) is 0 Å². The molecule has 0 saturated heterocycles. The molecule has 2 atom stereocenters. The van der Waals surface area contributed by atoms with Gasteiger partial charge in [0.2, 0.25) is 5.91 Å². The summed E-state index contributed by atoms with van der Waals surface area (Å²) in [5.74, 6) is -2.31. The van der Waals surface area contributed by atoms with Crippen LogP contribution in [0.5, 0.6) is 0 Å². The van der Waals surface area contributed by atoms with Crippen molar-refractivity contribution in [3.8, 4) is 0 Å². The van der Waals surface area contributed by atoms with E-state index in [-0.39, 0.29) is 24.3 Å². The Labute approximate surface area is 152 Å². The van der Waals surface area contributed by atoms with Crippen LogP contribution in [0.3, 0.4) is 0 Å². The predicted octanol–water partition coefficient (Wildman–Crippen LogP) is 4.32. The number of amides is 1. The summed E-state index contributed by atoms with van der Waals surface area (Å²) in [5.41, 5.74) is 1.42. The van der Waals surface area contributed by atoms with Crippen LogP contribution >= 0.6 is 0 Å². The molecular formula is C20H23F3N2O. The van der Waals surface area contributed by atoms with Crippen molar-refractivity contribution in [2.24, 2.45) is 0 Å². The van der Waals surface area contributed by atoms with Gasteiger partial charge in [0.05, 0.1) is 12.6 Å². The number of likely N-dealkylation sites (N-methyl/N-ethyl adjacent to an activating group) is 2. The third-order valence-corrected chi connectivity index (χ3v) is 4.80. The van der Waals surface area contributed by atoms with Crippen molar-refractivity contribution in [1.29, 1.82) is 0 Å². The van der Waals surface area contributed by atoms with Gasteiger partial charge in [0.25, 0.3) is 0 Å². The molecule has 0 radical (unpaired) electrons. The van der Waals surface area contributed by atoms with Crippen molar-refractivity contribution < 1.29 is 18.0 Å². The van der Waals surface area contributed by atoms with Gasteiger partial charge in [-0.1, -0.05) is 18.2 Å². The van der Waals surface area contributed by atoms with Gasteiger partial charge in [-0.2, -0.15) is 0 Å². The monoisotopic (exact) mass is 364 g/mol.